The van der Waals surface area contributed by atoms with E-state index in [1.807, 2.05) is 24.3 Å². The number of hydrogen-bond donors (Lipinski definition) is 2. The van der Waals surface area contributed by atoms with Crippen LogP contribution in [0.1, 0.15) is 54.2 Å². The van der Waals surface area contributed by atoms with Gasteiger partial charge >= 0.3 is 0 Å². The normalized spacial score (nSPS) is 26.4. The zero-order valence-electron chi connectivity index (χ0n) is 16.0. The van der Waals surface area contributed by atoms with Crippen LogP contribution in [0.5, 0.6) is 0 Å². The Morgan fingerprint density at radius 3 is 2.54 bits per heavy atom. The molecule has 6 nitrogen and oxygen atoms in total. The average molecular weight is 423 g/mol. The summed E-state index contributed by atoms with van der Waals surface area (Å²) < 4.78 is 5.12. The molecule has 0 aliphatic heterocycles. The standard InChI is InChI=1S/C20H26N4O2S.ClH/c1-12-22-18(26-24-12)11-27-17-7-5-13(6-8-17)20(25)23-19-14-3-2-4-15(19)10-16(21)9-14;/h5-8,14-16,19H,2-4,9-11,21H2,1H3,(H,23,25);1H. The molecule has 28 heavy (non-hydrogen) atoms. The molecular weight excluding hydrogens is 396 g/mol. The van der Waals surface area contributed by atoms with Crippen molar-refractivity contribution in [1.82, 2.24) is 15.5 Å². The van der Waals surface area contributed by atoms with Gasteiger partial charge in [-0.3, -0.25) is 4.79 Å². The van der Waals surface area contributed by atoms with E-state index in [2.05, 4.69) is 15.5 Å². The van der Waals surface area contributed by atoms with Crippen LogP contribution in [0, 0.1) is 18.8 Å². The van der Waals surface area contributed by atoms with Gasteiger partial charge in [-0.15, -0.1) is 24.2 Å². The lowest BCUT2D eigenvalue weighted by molar-refractivity contribution is 0.0756. The molecule has 2 atom stereocenters. The molecule has 0 spiro atoms. The van der Waals surface area contributed by atoms with E-state index in [4.69, 9.17) is 10.3 Å². The summed E-state index contributed by atoms with van der Waals surface area (Å²) in [6.45, 7) is 1.80. The molecule has 2 unspecified atom stereocenters. The van der Waals surface area contributed by atoms with Crippen molar-refractivity contribution < 1.29 is 9.32 Å². The topological polar surface area (TPSA) is 94.0 Å². The van der Waals surface area contributed by atoms with Crippen molar-refractivity contribution >= 4 is 30.1 Å². The first-order valence-electron chi connectivity index (χ1n) is 9.67. The van der Waals surface area contributed by atoms with Crippen molar-refractivity contribution in [3.8, 4) is 0 Å². The molecule has 1 heterocycles. The van der Waals surface area contributed by atoms with E-state index >= 15 is 0 Å². The smallest absolute Gasteiger partial charge is 0.251 e. The van der Waals surface area contributed by atoms with Gasteiger partial charge in [0, 0.05) is 22.5 Å². The summed E-state index contributed by atoms with van der Waals surface area (Å²) in [7, 11) is 0. The van der Waals surface area contributed by atoms with Crippen molar-refractivity contribution in [2.24, 2.45) is 17.6 Å². The van der Waals surface area contributed by atoms with Gasteiger partial charge in [0.05, 0.1) is 5.75 Å². The number of amides is 1. The molecule has 1 aromatic carbocycles. The highest BCUT2D eigenvalue weighted by Gasteiger charge is 2.39. The number of rotatable bonds is 5. The summed E-state index contributed by atoms with van der Waals surface area (Å²) in [5.74, 6) is 2.97. The third-order valence-corrected chi connectivity index (χ3v) is 6.72. The molecule has 3 N–H and O–H groups in total. The maximum atomic E-state index is 12.7. The van der Waals surface area contributed by atoms with E-state index in [-0.39, 0.29) is 24.4 Å². The minimum atomic E-state index is 0. The molecule has 2 aliphatic carbocycles. The van der Waals surface area contributed by atoms with E-state index in [1.54, 1.807) is 18.7 Å². The van der Waals surface area contributed by atoms with Gasteiger partial charge in [0.25, 0.3) is 5.91 Å². The number of halogens is 1. The molecule has 0 radical (unpaired) electrons. The van der Waals surface area contributed by atoms with Gasteiger partial charge in [-0.1, -0.05) is 11.6 Å². The fourth-order valence-electron chi connectivity index (χ4n) is 4.51. The Balaban J connectivity index is 0.00000225. The first-order valence-corrected chi connectivity index (χ1v) is 10.7. The number of nitrogens with zero attached hydrogens (tertiary/aromatic N) is 2. The van der Waals surface area contributed by atoms with E-state index in [0.29, 0.717) is 40.9 Å². The SMILES string of the molecule is Cc1noc(CSc2ccc(C(=O)NC3C4CCCC3CC(N)C4)cc2)n1.Cl. The highest BCUT2D eigenvalue weighted by atomic mass is 35.5. The fourth-order valence-corrected chi connectivity index (χ4v) is 5.24. The Labute approximate surface area is 175 Å². The van der Waals surface area contributed by atoms with E-state index in [0.717, 1.165) is 17.7 Å². The number of carbonyl (C=O) groups is 1. The molecule has 2 aromatic rings. The molecule has 4 rings (SSSR count). The second-order valence-corrected chi connectivity index (χ2v) is 8.78. The lowest BCUT2D eigenvalue weighted by Gasteiger charge is -2.45. The van der Waals surface area contributed by atoms with Crippen LogP contribution in [-0.4, -0.2) is 28.1 Å². The quantitative estimate of drug-likeness (QED) is 0.713. The predicted octanol–water partition coefficient (Wildman–Crippen LogP) is 3.73. The molecule has 0 saturated heterocycles. The number of nitrogens with one attached hydrogen (secondary N) is 1. The number of thioether (sulfide) groups is 1. The van der Waals surface area contributed by atoms with Crippen LogP contribution < -0.4 is 11.1 Å². The van der Waals surface area contributed by atoms with Gasteiger partial charge in [-0.2, -0.15) is 4.98 Å². The van der Waals surface area contributed by atoms with Crippen molar-refractivity contribution in [3.05, 3.63) is 41.5 Å². The zero-order chi connectivity index (χ0) is 18.8. The molecule has 2 bridgehead atoms. The molecule has 152 valence electrons. The van der Waals surface area contributed by atoms with Crippen LogP contribution in [0.3, 0.4) is 0 Å². The first-order chi connectivity index (χ1) is 13.1. The molecule has 2 saturated carbocycles. The van der Waals surface area contributed by atoms with E-state index in [9.17, 15) is 4.79 Å². The molecule has 8 heteroatoms. The fraction of sp³-hybridized carbons (Fsp3) is 0.550. The molecule has 1 amide bonds. The van der Waals surface area contributed by atoms with E-state index < -0.39 is 0 Å². The van der Waals surface area contributed by atoms with Crippen LogP contribution in [0.15, 0.2) is 33.7 Å². The van der Waals surface area contributed by atoms with Crippen LogP contribution in [0.25, 0.3) is 0 Å². The lowest BCUT2D eigenvalue weighted by Crippen LogP contribution is -2.53. The lowest BCUT2D eigenvalue weighted by atomic mass is 9.67. The molecule has 1 aromatic heterocycles. The maximum Gasteiger partial charge on any atom is 0.251 e. The number of fused-ring (bicyclic) bond motifs is 2. The highest BCUT2D eigenvalue weighted by molar-refractivity contribution is 7.98. The Bertz CT molecular complexity index is 784. The summed E-state index contributed by atoms with van der Waals surface area (Å²) in [6.07, 6.45) is 5.69. The summed E-state index contributed by atoms with van der Waals surface area (Å²) in [5, 5.41) is 7.09. The molecular formula is C20H27ClN4O2S. The number of hydrogen-bond acceptors (Lipinski definition) is 6. The number of aryl methyl sites for hydroxylation is 1. The Morgan fingerprint density at radius 1 is 1.25 bits per heavy atom. The van der Waals surface area contributed by atoms with Gasteiger partial charge < -0.3 is 15.6 Å². The van der Waals surface area contributed by atoms with Crippen molar-refractivity contribution in [3.63, 3.8) is 0 Å². The second-order valence-electron chi connectivity index (χ2n) is 7.73. The highest BCUT2D eigenvalue weighted by Crippen LogP contribution is 2.39. The number of nitrogens with two attached hydrogens (primary N) is 1. The first kappa shape index (κ1) is 21.1. The van der Waals surface area contributed by atoms with Crippen molar-refractivity contribution in [1.29, 1.82) is 0 Å². The minimum Gasteiger partial charge on any atom is -0.349 e. The maximum absolute atomic E-state index is 12.7. The van der Waals surface area contributed by atoms with Gasteiger partial charge in [0.2, 0.25) is 5.89 Å². The predicted molar refractivity (Wildman–Crippen MR) is 112 cm³/mol. The van der Waals surface area contributed by atoms with Crippen LogP contribution in [0.2, 0.25) is 0 Å². The average Bonchev–Trinajstić information content (AvgIpc) is 3.06. The van der Waals surface area contributed by atoms with Gasteiger partial charge in [0.15, 0.2) is 5.82 Å². The van der Waals surface area contributed by atoms with Crippen LogP contribution >= 0.6 is 24.2 Å². The Hall–Kier alpha value is -1.57. The number of carbonyl (C=O) groups excluding carboxylic acids is 1. The summed E-state index contributed by atoms with van der Waals surface area (Å²) >= 11 is 1.61. The Kier molecular flexibility index (Phi) is 7.01. The third kappa shape index (κ3) is 4.88. The Morgan fingerprint density at radius 2 is 1.93 bits per heavy atom. The monoisotopic (exact) mass is 422 g/mol. The molecule has 2 aliphatic rings. The van der Waals surface area contributed by atoms with Crippen molar-refractivity contribution in [2.75, 3.05) is 0 Å². The zero-order valence-corrected chi connectivity index (χ0v) is 17.6. The third-order valence-electron chi connectivity index (χ3n) is 5.72. The summed E-state index contributed by atoms with van der Waals surface area (Å²) in [5.41, 5.74) is 6.90. The van der Waals surface area contributed by atoms with Crippen LogP contribution in [0.4, 0.5) is 0 Å². The van der Waals surface area contributed by atoms with Gasteiger partial charge in [0.1, 0.15) is 0 Å². The van der Waals surface area contributed by atoms with Gasteiger partial charge in [-0.05, 0) is 68.7 Å². The summed E-state index contributed by atoms with van der Waals surface area (Å²) in [4.78, 5) is 18.0. The van der Waals surface area contributed by atoms with E-state index in [1.165, 1.54) is 19.3 Å². The second kappa shape index (κ2) is 9.29. The minimum absolute atomic E-state index is 0. The molecule has 2 fully saturated rings. The van der Waals surface area contributed by atoms with Gasteiger partial charge in [-0.25, -0.2) is 0 Å². The number of benzene rings is 1. The van der Waals surface area contributed by atoms with Crippen LogP contribution in [-0.2, 0) is 5.75 Å². The largest absolute Gasteiger partial charge is 0.349 e. The number of aromatic nitrogens is 2. The van der Waals surface area contributed by atoms with Crippen molar-refractivity contribution in [2.45, 2.75) is 61.8 Å². The summed E-state index contributed by atoms with van der Waals surface area (Å²) in [6, 6.07) is 8.30.